The average molecular weight is 257 g/mol. The Bertz CT molecular complexity index is 433. The van der Waals surface area contributed by atoms with Crippen molar-refractivity contribution in [3.05, 3.63) is 22.7 Å². The molecule has 1 aromatic rings. The number of anilines is 2. The van der Waals surface area contributed by atoms with Gasteiger partial charge in [0, 0.05) is 18.3 Å². The number of nitrogens with zero attached hydrogens (tertiary/aromatic N) is 1. The summed E-state index contributed by atoms with van der Waals surface area (Å²) < 4.78 is 0. The van der Waals surface area contributed by atoms with Gasteiger partial charge in [0.25, 0.3) is 0 Å². The lowest BCUT2D eigenvalue weighted by atomic mass is 10.1. The van der Waals surface area contributed by atoms with E-state index >= 15 is 0 Å². The number of nitrogens with two attached hydrogens (primary N) is 1. The zero-order valence-electron chi connectivity index (χ0n) is 10.2. The molecule has 3 N–H and O–H groups in total. The highest BCUT2D eigenvalue weighted by atomic mass is 35.5. The highest BCUT2D eigenvalue weighted by Crippen LogP contribution is 2.33. The standard InChI is InChI=1S/C12H17ClN2O2/c1-4-15(7(2)3)11-9(12(16)17)5-8(14)6-10(11)13/h5-7H,4,14H2,1-3H3,(H,16,17). The number of nitrogen functional groups attached to an aromatic ring is 1. The maximum absolute atomic E-state index is 11.2. The SMILES string of the molecule is CCN(c1c(Cl)cc(N)cc1C(=O)O)C(C)C. The van der Waals surface area contributed by atoms with Gasteiger partial charge in [0.1, 0.15) is 0 Å². The molecule has 5 heteroatoms. The van der Waals surface area contributed by atoms with Crippen LogP contribution in [0.4, 0.5) is 11.4 Å². The van der Waals surface area contributed by atoms with Crippen LogP contribution in [0.2, 0.25) is 5.02 Å². The van der Waals surface area contributed by atoms with Gasteiger partial charge in [-0.05, 0) is 32.9 Å². The van der Waals surface area contributed by atoms with Gasteiger partial charge in [-0.1, -0.05) is 11.6 Å². The maximum Gasteiger partial charge on any atom is 0.337 e. The zero-order chi connectivity index (χ0) is 13.2. The molecule has 1 rings (SSSR count). The summed E-state index contributed by atoms with van der Waals surface area (Å²) in [6, 6.07) is 3.18. The molecule has 0 aliphatic carbocycles. The van der Waals surface area contributed by atoms with Gasteiger partial charge >= 0.3 is 5.97 Å². The number of carboxylic acids is 1. The molecule has 0 bridgehead atoms. The molecule has 0 saturated carbocycles. The Balaban J connectivity index is 3.44. The zero-order valence-corrected chi connectivity index (χ0v) is 11.0. The summed E-state index contributed by atoms with van der Waals surface area (Å²) in [5, 5.41) is 9.57. The molecule has 0 atom stereocenters. The molecule has 4 nitrogen and oxygen atoms in total. The van der Waals surface area contributed by atoms with Crippen molar-refractivity contribution in [1.29, 1.82) is 0 Å². The van der Waals surface area contributed by atoms with E-state index in [0.29, 0.717) is 22.9 Å². The predicted octanol–water partition coefficient (Wildman–Crippen LogP) is 2.86. The smallest absolute Gasteiger partial charge is 0.337 e. The molecule has 94 valence electrons. The van der Waals surface area contributed by atoms with Crippen molar-refractivity contribution < 1.29 is 9.90 Å². The van der Waals surface area contributed by atoms with Crippen LogP contribution in [-0.2, 0) is 0 Å². The Morgan fingerprint density at radius 2 is 2.12 bits per heavy atom. The molecule has 0 heterocycles. The summed E-state index contributed by atoms with van der Waals surface area (Å²) in [5.74, 6) is -1.02. The first-order valence-electron chi connectivity index (χ1n) is 5.47. The van der Waals surface area contributed by atoms with Gasteiger partial charge in [0.05, 0.1) is 16.3 Å². The number of rotatable bonds is 4. The molecule has 0 spiro atoms. The topological polar surface area (TPSA) is 66.6 Å². The number of benzene rings is 1. The van der Waals surface area contributed by atoms with E-state index in [1.54, 1.807) is 6.07 Å². The molecule has 0 aliphatic heterocycles. The van der Waals surface area contributed by atoms with Crippen LogP contribution in [0.15, 0.2) is 12.1 Å². The van der Waals surface area contributed by atoms with Gasteiger partial charge < -0.3 is 15.7 Å². The number of hydrogen-bond acceptors (Lipinski definition) is 3. The van der Waals surface area contributed by atoms with Crippen molar-refractivity contribution in [2.75, 3.05) is 17.2 Å². The summed E-state index contributed by atoms with van der Waals surface area (Å²) in [5.41, 5.74) is 6.65. The van der Waals surface area contributed by atoms with E-state index in [2.05, 4.69) is 0 Å². The van der Waals surface area contributed by atoms with Crippen molar-refractivity contribution in [3.63, 3.8) is 0 Å². The summed E-state index contributed by atoms with van der Waals surface area (Å²) >= 11 is 6.11. The fourth-order valence-electron chi connectivity index (χ4n) is 1.86. The van der Waals surface area contributed by atoms with Crippen molar-refractivity contribution in [1.82, 2.24) is 0 Å². The molecular weight excluding hydrogens is 240 g/mol. The molecule has 17 heavy (non-hydrogen) atoms. The van der Waals surface area contributed by atoms with Crippen molar-refractivity contribution in [3.8, 4) is 0 Å². The Labute approximate surface area is 106 Å². The third-order valence-electron chi connectivity index (χ3n) is 2.57. The molecule has 0 aliphatic rings. The summed E-state index contributed by atoms with van der Waals surface area (Å²) in [6.07, 6.45) is 0. The van der Waals surface area contributed by atoms with Gasteiger partial charge in [-0.15, -0.1) is 0 Å². The summed E-state index contributed by atoms with van der Waals surface area (Å²) in [4.78, 5) is 13.2. The second kappa shape index (κ2) is 5.27. The van der Waals surface area contributed by atoms with Crippen LogP contribution in [0.3, 0.4) is 0 Å². The normalized spacial score (nSPS) is 10.6. The van der Waals surface area contributed by atoms with E-state index in [-0.39, 0.29) is 11.6 Å². The Kier molecular flexibility index (Phi) is 4.23. The molecule has 0 fully saturated rings. The van der Waals surface area contributed by atoms with Gasteiger partial charge in [-0.2, -0.15) is 0 Å². The quantitative estimate of drug-likeness (QED) is 0.813. The lowest BCUT2D eigenvalue weighted by Gasteiger charge is -2.29. The van der Waals surface area contributed by atoms with Gasteiger partial charge in [0.15, 0.2) is 0 Å². The minimum atomic E-state index is -1.02. The number of hydrogen-bond donors (Lipinski definition) is 2. The fraction of sp³-hybridized carbons (Fsp3) is 0.417. The Hall–Kier alpha value is -1.42. The Morgan fingerprint density at radius 1 is 1.53 bits per heavy atom. The van der Waals surface area contributed by atoms with E-state index in [9.17, 15) is 9.90 Å². The van der Waals surface area contributed by atoms with Crippen LogP contribution in [0.25, 0.3) is 0 Å². The van der Waals surface area contributed by atoms with E-state index in [4.69, 9.17) is 17.3 Å². The minimum Gasteiger partial charge on any atom is -0.478 e. The molecule has 1 aromatic carbocycles. The van der Waals surface area contributed by atoms with Crippen molar-refractivity contribution in [2.24, 2.45) is 0 Å². The molecule has 0 saturated heterocycles. The van der Waals surface area contributed by atoms with Crippen LogP contribution < -0.4 is 10.6 Å². The van der Waals surface area contributed by atoms with Gasteiger partial charge in [0.2, 0.25) is 0 Å². The number of aromatic carboxylic acids is 1. The van der Waals surface area contributed by atoms with E-state index in [1.807, 2.05) is 25.7 Å². The molecular formula is C12H17ClN2O2. The third-order valence-corrected chi connectivity index (χ3v) is 2.86. The van der Waals surface area contributed by atoms with Gasteiger partial charge in [-0.25, -0.2) is 4.79 Å². The van der Waals surface area contributed by atoms with Crippen LogP contribution >= 0.6 is 11.6 Å². The number of carbonyl (C=O) groups is 1. The fourth-order valence-corrected chi connectivity index (χ4v) is 2.19. The first-order valence-corrected chi connectivity index (χ1v) is 5.85. The highest BCUT2D eigenvalue weighted by Gasteiger charge is 2.21. The summed E-state index contributed by atoms with van der Waals surface area (Å²) in [6.45, 7) is 6.61. The second-order valence-electron chi connectivity index (χ2n) is 4.08. The predicted molar refractivity (Wildman–Crippen MR) is 71.0 cm³/mol. The lowest BCUT2D eigenvalue weighted by Crippen LogP contribution is -2.32. The highest BCUT2D eigenvalue weighted by molar-refractivity contribution is 6.34. The van der Waals surface area contributed by atoms with E-state index < -0.39 is 5.97 Å². The molecule has 0 radical (unpaired) electrons. The van der Waals surface area contributed by atoms with E-state index in [1.165, 1.54) is 6.07 Å². The number of carboxylic acid groups (broad SMARTS) is 1. The van der Waals surface area contributed by atoms with Crippen molar-refractivity contribution in [2.45, 2.75) is 26.8 Å². The van der Waals surface area contributed by atoms with Crippen LogP contribution in [0, 0.1) is 0 Å². The third kappa shape index (κ3) is 2.82. The first kappa shape index (κ1) is 13.6. The maximum atomic E-state index is 11.2. The minimum absolute atomic E-state index is 0.144. The molecule has 0 aromatic heterocycles. The van der Waals surface area contributed by atoms with Crippen LogP contribution in [0.5, 0.6) is 0 Å². The van der Waals surface area contributed by atoms with Crippen molar-refractivity contribution >= 4 is 28.9 Å². The van der Waals surface area contributed by atoms with Gasteiger partial charge in [-0.3, -0.25) is 0 Å². The Morgan fingerprint density at radius 3 is 2.53 bits per heavy atom. The summed E-state index contributed by atoms with van der Waals surface area (Å²) in [7, 11) is 0. The number of halogens is 1. The monoisotopic (exact) mass is 256 g/mol. The van der Waals surface area contributed by atoms with E-state index in [0.717, 1.165) is 0 Å². The first-order chi connectivity index (χ1) is 7.88. The average Bonchev–Trinajstić information content (AvgIpc) is 2.20. The lowest BCUT2D eigenvalue weighted by molar-refractivity contribution is 0.0697. The van der Waals surface area contributed by atoms with Crippen LogP contribution in [-0.4, -0.2) is 23.7 Å². The second-order valence-corrected chi connectivity index (χ2v) is 4.49. The largest absolute Gasteiger partial charge is 0.478 e. The molecule has 0 amide bonds. The molecule has 0 unspecified atom stereocenters. The van der Waals surface area contributed by atoms with Crippen LogP contribution in [0.1, 0.15) is 31.1 Å².